The predicted octanol–water partition coefficient (Wildman–Crippen LogP) is 1.57. The standard InChI is InChI=1S/C8H11ClFN3O2S/c1-15-8-6(5-7(9)11-12-8)13-16(14)4-2-3-10/h5H,2-4H2,1H3,(H,11,13). The van der Waals surface area contributed by atoms with Gasteiger partial charge in [0.2, 0.25) is 0 Å². The second kappa shape index (κ2) is 6.59. The second-order valence-corrected chi connectivity index (χ2v) is 4.47. The molecule has 0 spiro atoms. The maximum absolute atomic E-state index is 11.9. The van der Waals surface area contributed by atoms with Gasteiger partial charge in [0.15, 0.2) is 5.15 Å². The van der Waals surface area contributed by atoms with Crippen LogP contribution in [0.25, 0.3) is 0 Å². The molecule has 1 atom stereocenters. The average molecular weight is 268 g/mol. The summed E-state index contributed by atoms with van der Waals surface area (Å²) in [5, 5.41) is 7.38. The van der Waals surface area contributed by atoms with Crippen molar-refractivity contribution in [2.24, 2.45) is 0 Å². The minimum Gasteiger partial charge on any atom is -0.478 e. The molecule has 1 unspecified atom stereocenters. The molecule has 0 radical (unpaired) electrons. The molecular formula is C8H11ClFN3O2S. The number of hydrogen-bond donors (Lipinski definition) is 1. The number of aromatic nitrogens is 2. The Balaban J connectivity index is 2.71. The SMILES string of the molecule is COc1nnc(Cl)cc1NS(=O)CCCF. The van der Waals surface area contributed by atoms with Crippen LogP contribution in [0.2, 0.25) is 5.15 Å². The second-order valence-electron chi connectivity index (χ2n) is 2.78. The molecule has 90 valence electrons. The fraction of sp³-hybridized carbons (Fsp3) is 0.500. The van der Waals surface area contributed by atoms with E-state index in [9.17, 15) is 8.60 Å². The first-order valence-corrected chi connectivity index (χ1v) is 6.15. The van der Waals surface area contributed by atoms with E-state index in [1.807, 2.05) is 0 Å². The summed E-state index contributed by atoms with van der Waals surface area (Å²) < 4.78 is 30.8. The van der Waals surface area contributed by atoms with Gasteiger partial charge in [-0.25, -0.2) is 4.21 Å². The molecule has 1 aromatic rings. The van der Waals surface area contributed by atoms with Crippen molar-refractivity contribution in [1.82, 2.24) is 10.2 Å². The van der Waals surface area contributed by atoms with Gasteiger partial charge in [-0.05, 0) is 6.42 Å². The van der Waals surface area contributed by atoms with Crippen molar-refractivity contribution in [2.75, 3.05) is 24.3 Å². The van der Waals surface area contributed by atoms with Crippen molar-refractivity contribution < 1.29 is 13.3 Å². The molecule has 5 nitrogen and oxygen atoms in total. The third-order valence-electron chi connectivity index (χ3n) is 1.61. The van der Waals surface area contributed by atoms with Crippen LogP contribution in [0, 0.1) is 0 Å². The summed E-state index contributed by atoms with van der Waals surface area (Å²) >= 11 is 5.63. The molecule has 0 saturated heterocycles. The molecule has 0 amide bonds. The Bertz CT molecular complexity index is 380. The van der Waals surface area contributed by atoms with Gasteiger partial charge < -0.3 is 9.46 Å². The molecule has 0 saturated carbocycles. The zero-order valence-electron chi connectivity index (χ0n) is 8.57. The van der Waals surface area contributed by atoms with Crippen LogP contribution in [0.15, 0.2) is 6.07 Å². The van der Waals surface area contributed by atoms with Crippen LogP contribution in [0.1, 0.15) is 6.42 Å². The molecule has 0 aliphatic heterocycles. The molecular weight excluding hydrogens is 257 g/mol. The molecule has 1 rings (SSSR count). The minimum atomic E-state index is -1.39. The van der Waals surface area contributed by atoms with Gasteiger partial charge >= 0.3 is 0 Å². The van der Waals surface area contributed by atoms with Gasteiger partial charge in [-0.3, -0.25) is 4.39 Å². The highest BCUT2D eigenvalue weighted by Gasteiger charge is 2.09. The smallest absolute Gasteiger partial charge is 0.257 e. The van der Waals surface area contributed by atoms with Gasteiger partial charge in [0.1, 0.15) is 16.7 Å². The van der Waals surface area contributed by atoms with E-state index >= 15 is 0 Å². The van der Waals surface area contributed by atoms with Crippen LogP contribution < -0.4 is 9.46 Å². The highest BCUT2D eigenvalue weighted by Crippen LogP contribution is 2.23. The highest BCUT2D eigenvalue weighted by molar-refractivity contribution is 7.86. The molecule has 0 aromatic carbocycles. The third kappa shape index (κ3) is 3.90. The molecule has 0 fully saturated rings. The number of nitrogens with one attached hydrogen (secondary N) is 1. The molecule has 0 bridgehead atoms. The molecule has 16 heavy (non-hydrogen) atoms. The number of rotatable bonds is 6. The van der Waals surface area contributed by atoms with Gasteiger partial charge in [-0.15, -0.1) is 10.2 Å². The summed E-state index contributed by atoms with van der Waals surface area (Å²) in [7, 11) is 0.0228. The van der Waals surface area contributed by atoms with Crippen molar-refractivity contribution in [2.45, 2.75) is 6.42 Å². The van der Waals surface area contributed by atoms with Crippen molar-refractivity contribution in [3.63, 3.8) is 0 Å². The Kier molecular flexibility index (Phi) is 5.41. The van der Waals surface area contributed by atoms with Crippen LogP contribution in [-0.2, 0) is 11.0 Å². The number of methoxy groups -OCH3 is 1. The summed E-state index contributed by atoms with van der Waals surface area (Å²) in [5.74, 6) is 0.401. The maximum Gasteiger partial charge on any atom is 0.257 e. The first-order chi connectivity index (χ1) is 7.67. The van der Waals surface area contributed by atoms with E-state index in [4.69, 9.17) is 16.3 Å². The van der Waals surface area contributed by atoms with Crippen LogP contribution in [-0.4, -0.2) is 33.9 Å². The first kappa shape index (κ1) is 13.1. The minimum absolute atomic E-state index is 0.158. The molecule has 1 heterocycles. The Morgan fingerprint density at radius 3 is 3.00 bits per heavy atom. The van der Waals surface area contributed by atoms with Crippen molar-refractivity contribution in [3.8, 4) is 5.88 Å². The maximum atomic E-state index is 11.9. The quantitative estimate of drug-likeness (QED) is 0.850. The summed E-state index contributed by atoms with van der Waals surface area (Å²) in [4.78, 5) is 0. The fourth-order valence-electron chi connectivity index (χ4n) is 0.940. The highest BCUT2D eigenvalue weighted by atomic mass is 35.5. The lowest BCUT2D eigenvalue weighted by molar-refractivity contribution is 0.394. The lowest BCUT2D eigenvalue weighted by atomic mass is 10.5. The lowest BCUT2D eigenvalue weighted by Crippen LogP contribution is -2.10. The lowest BCUT2D eigenvalue weighted by Gasteiger charge is -2.08. The molecule has 1 aromatic heterocycles. The van der Waals surface area contributed by atoms with E-state index in [1.54, 1.807) is 0 Å². The van der Waals surface area contributed by atoms with Crippen LogP contribution in [0.3, 0.4) is 0 Å². The van der Waals surface area contributed by atoms with E-state index in [2.05, 4.69) is 14.9 Å². The zero-order valence-corrected chi connectivity index (χ0v) is 10.1. The van der Waals surface area contributed by atoms with Crippen molar-refractivity contribution in [3.05, 3.63) is 11.2 Å². The van der Waals surface area contributed by atoms with Crippen LogP contribution in [0.4, 0.5) is 10.1 Å². The van der Waals surface area contributed by atoms with E-state index in [-0.39, 0.29) is 23.2 Å². The zero-order chi connectivity index (χ0) is 12.0. The monoisotopic (exact) mass is 267 g/mol. The number of nitrogens with zero attached hydrogens (tertiary/aromatic N) is 2. The topological polar surface area (TPSA) is 64.1 Å². The molecule has 8 heteroatoms. The fourth-order valence-corrected chi connectivity index (χ4v) is 1.95. The molecule has 1 N–H and O–H groups in total. The van der Waals surface area contributed by atoms with Gasteiger partial charge in [0.05, 0.1) is 13.8 Å². The third-order valence-corrected chi connectivity index (χ3v) is 2.90. The summed E-state index contributed by atoms with van der Waals surface area (Å²) in [5.41, 5.74) is 0.375. The normalized spacial score (nSPS) is 12.2. The average Bonchev–Trinajstić information content (AvgIpc) is 2.27. The number of hydrogen-bond acceptors (Lipinski definition) is 4. The van der Waals surface area contributed by atoms with Crippen molar-refractivity contribution in [1.29, 1.82) is 0 Å². The summed E-state index contributed by atoms with van der Waals surface area (Å²) in [6.07, 6.45) is 0.230. The summed E-state index contributed by atoms with van der Waals surface area (Å²) in [6, 6.07) is 1.45. The first-order valence-electron chi connectivity index (χ1n) is 4.45. The van der Waals surface area contributed by atoms with E-state index < -0.39 is 17.7 Å². The Labute approximate surface area is 99.9 Å². The Morgan fingerprint density at radius 1 is 1.62 bits per heavy atom. The molecule has 0 aliphatic carbocycles. The van der Waals surface area contributed by atoms with Gasteiger partial charge in [-0.1, -0.05) is 11.6 Å². The van der Waals surface area contributed by atoms with Gasteiger partial charge in [0.25, 0.3) is 5.88 Å². The van der Waals surface area contributed by atoms with Crippen molar-refractivity contribution >= 4 is 28.3 Å². The van der Waals surface area contributed by atoms with E-state index in [1.165, 1.54) is 13.2 Å². The Morgan fingerprint density at radius 2 is 2.38 bits per heavy atom. The number of halogens is 2. The van der Waals surface area contributed by atoms with E-state index in [0.717, 1.165) is 0 Å². The largest absolute Gasteiger partial charge is 0.478 e. The van der Waals surface area contributed by atoms with E-state index in [0.29, 0.717) is 5.69 Å². The van der Waals surface area contributed by atoms with Gasteiger partial charge in [-0.2, -0.15) is 0 Å². The number of alkyl halides is 1. The Hall–Kier alpha value is -0.950. The summed E-state index contributed by atoms with van der Waals surface area (Å²) in [6.45, 7) is -0.500. The number of anilines is 1. The number of ether oxygens (including phenoxy) is 1. The predicted molar refractivity (Wildman–Crippen MR) is 60.8 cm³/mol. The molecule has 0 aliphatic rings. The van der Waals surface area contributed by atoms with Crippen LogP contribution in [0.5, 0.6) is 5.88 Å². The van der Waals surface area contributed by atoms with Crippen LogP contribution >= 0.6 is 11.6 Å². The van der Waals surface area contributed by atoms with Gasteiger partial charge in [0, 0.05) is 11.8 Å².